The lowest BCUT2D eigenvalue weighted by atomic mass is 9.96. The van der Waals surface area contributed by atoms with Crippen LogP contribution in [-0.4, -0.2) is 22.5 Å². The number of H-pyrrole nitrogens is 1. The van der Waals surface area contributed by atoms with Crippen LogP contribution in [0, 0.1) is 13.8 Å². The molecule has 0 radical (unpaired) electrons. The first-order valence-electron chi connectivity index (χ1n) is 11.6. The SMILES string of the molecule is CCOc1cc2occ(-c3ccc(C)cc3C)c2cc1/C(C)=C/C(=O)Nc1nc2ccccc2[nH]1. The van der Waals surface area contributed by atoms with Crippen molar-refractivity contribution in [3.05, 3.63) is 83.6 Å². The van der Waals surface area contributed by atoms with Gasteiger partial charge in [0.2, 0.25) is 5.95 Å². The third-order valence-electron chi connectivity index (χ3n) is 6.05. The lowest BCUT2D eigenvalue weighted by molar-refractivity contribution is -0.111. The van der Waals surface area contributed by atoms with Crippen LogP contribution in [0.3, 0.4) is 0 Å². The average molecular weight is 466 g/mol. The van der Waals surface area contributed by atoms with Gasteiger partial charge >= 0.3 is 0 Å². The fourth-order valence-electron chi connectivity index (χ4n) is 4.40. The van der Waals surface area contributed by atoms with Crippen molar-refractivity contribution in [1.82, 2.24) is 9.97 Å². The number of anilines is 1. The van der Waals surface area contributed by atoms with E-state index in [1.165, 1.54) is 11.1 Å². The molecule has 3 aromatic carbocycles. The largest absolute Gasteiger partial charge is 0.493 e. The summed E-state index contributed by atoms with van der Waals surface area (Å²) in [6, 6.07) is 18.0. The number of ether oxygens (including phenoxy) is 1. The van der Waals surface area contributed by atoms with E-state index in [2.05, 4.69) is 47.3 Å². The van der Waals surface area contributed by atoms with Gasteiger partial charge in [0.05, 0.1) is 23.9 Å². The fraction of sp³-hybridized carbons (Fsp3) is 0.172. The third-order valence-corrected chi connectivity index (χ3v) is 6.05. The Morgan fingerprint density at radius 3 is 2.71 bits per heavy atom. The standard InChI is InChI=1S/C29H27N3O3/c1-5-34-26-15-27-22(23(16-35-27)20-11-10-17(2)12-18(20)3)14-21(26)19(4)13-28(33)32-29-30-24-8-6-7-9-25(24)31-29/h6-16H,5H2,1-4H3,(H2,30,31,32,33)/b19-13+. The van der Waals surface area contributed by atoms with Crippen molar-refractivity contribution in [2.45, 2.75) is 27.7 Å². The highest BCUT2D eigenvalue weighted by Crippen LogP contribution is 2.38. The number of furan rings is 1. The van der Waals surface area contributed by atoms with Crippen LogP contribution < -0.4 is 10.1 Å². The zero-order valence-electron chi connectivity index (χ0n) is 20.2. The molecule has 0 aliphatic carbocycles. The number of nitrogens with one attached hydrogen (secondary N) is 2. The molecule has 176 valence electrons. The molecule has 0 spiro atoms. The Kier molecular flexibility index (Phi) is 5.87. The highest BCUT2D eigenvalue weighted by Gasteiger charge is 2.16. The van der Waals surface area contributed by atoms with Gasteiger partial charge in [0.1, 0.15) is 11.3 Å². The molecule has 0 aliphatic heterocycles. The second-order valence-electron chi connectivity index (χ2n) is 8.66. The van der Waals surface area contributed by atoms with E-state index in [4.69, 9.17) is 9.15 Å². The smallest absolute Gasteiger partial charge is 0.250 e. The van der Waals surface area contributed by atoms with E-state index in [-0.39, 0.29) is 5.91 Å². The number of fused-ring (bicyclic) bond motifs is 2. The van der Waals surface area contributed by atoms with Crippen molar-refractivity contribution >= 4 is 39.4 Å². The number of aryl methyl sites for hydroxylation is 2. The molecule has 0 unspecified atom stereocenters. The monoisotopic (exact) mass is 465 g/mol. The number of hydrogen-bond donors (Lipinski definition) is 2. The Morgan fingerprint density at radius 1 is 1.11 bits per heavy atom. The molecule has 0 fully saturated rings. The second kappa shape index (κ2) is 9.14. The zero-order chi connectivity index (χ0) is 24.5. The summed E-state index contributed by atoms with van der Waals surface area (Å²) in [4.78, 5) is 20.4. The number of nitrogens with zero attached hydrogens (tertiary/aromatic N) is 1. The van der Waals surface area contributed by atoms with Crippen molar-refractivity contribution in [1.29, 1.82) is 0 Å². The molecule has 6 nitrogen and oxygen atoms in total. The minimum atomic E-state index is -0.272. The predicted molar refractivity (Wildman–Crippen MR) is 141 cm³/mol. The van der Waals surface area contributed by atoms with Crippen LogP contribution in [0.2, 0.25) is 0 Å². The van der Waals surface area contributed by atoms with Crippen LogP contribution in [-0.2, 0) is 4.79 Å². The van der Waals surface area contributed by atoms with Crippen LogP contribution in [0.25, 0.3) is 38.7 Å². The number of amides is 1. The lowest BCUT2D eigenvalue weighted by Gasteiger charge is -2.12. The van der Waals surface area contributed by atoms with Crippen molar-refractivity contribution in [3.8, 4) is 16.9 Å². The molecule has 0 bridgehead atoms. The van der Waals surface area contributed by atoms with Crippen LogP contribution in [0.4, 0.5) is 5.95 Å². The van der Waals surface area contributed by atoms with Gasteiger partial charge in [0, 0.05) is 28.7 Å². The summed E-state index contributed by atoms with van der Waals surface area (Å²) in [6.45, 7) is 8.52. The van der Waals surface area contributed by atoms with Crippen molar-refractivity contribution in [2.75, 3.05) is 11.9 Å². The van der Waals surface area contributed by atoms with Gasteiger partial charge in [0.25, 0.3) is 5.91 Å². The molecule has 0 aliphatic rings. The number of carbonyl (C=O) groups excluding carboxylic acids is 1. The maximum atomic E-state index is 12.8. The second-order valence-corrected chi connectivity index (χ2v) is 8.66. The first kappa shape index (κ1) is 22.5. The van der Waals surface area contributed by atoms with E-state index >= 15 is 0 Å². The topological polar surface area (TPSA) is 80.2 Å². The minimum absolute atomic E-state index is 0.272. The summed E-state index contributed by atoms with van der Waals surface area (Å²) in [5.74, 6) is 0.811. The number of rotatable bonds is 6. The minimum Gasteiger partial charge on any atom is -0.493 e. The fourth-order valence-corrected chi connectivity index (χ4v) is 4.40. The Morgan fingerprint density at radius 2 is 1.94 bits per heavy atom. The predicted octanol–water partition coefficient (Wildman–Crippen LogP) is 7.03. The van der Waals surface area contributed by atoms with Gasteiger partial charge in [-0.15, -0.1) is 0 Å². The van der Waals surface area contributed by atoms with E-state index in [0.29, 0.717) is 18.3 Å². The summed E-state index contributed by atoms with van der Waals surface area (Å²) in [5, 5.41) is 3.80. The summed E-state index contributed by atoms with van der Waals surface area (Å²) in [6.07, 6.45) is 3.35. The lowest BCUT2D eigenvalue weighted by Crippen LogP contribution is -2.10. The number of imidazole rings is 1. The van der Waals surface area contributed by atoms with Gasteiger partial charge in [-0.1, -0.05) is 35.9 Å². The maximum Gasteiger partial charge on any atom is 0.250 e. The third kappa shape index (κ3) is 4.43. The molecule has 0 saturated carbocycles. The molecule has 35 heavy (non-hydrogen) atoms. The Bertz CT molecular complexity index is 1560. The molecule has 5 aromatic rings. The summed E-state index contributed by atoms with van der Waals surface area (Å²) >= 11 is 0. The first-order chi connectivity index (χ1) is 16.9. The number of allylic oxidation sites excluding steroid dienone is 1. The van der Waals surface area contributed by atoms with E-state index in [1.807, 2.05) is 50.2 Å². The normalized spacial score (nSPS) is 11.8. The van der Waals surface area contributed by atoms with Crippen molar-refractivity contribution in [2.24, 2.45) is 0 Å². The van der Waals surface area contributed by atoms with Gasteiger partial charge in [-0.2, -0.15) is 0 Å². The Labute approximate surface area is 203 Å². The quantitative estimate of drug-likeness (QED) is 0.264. The van der Waals surface area contributed by atoms with Crippen LogP contribution in [0.15, 0.2) is 71.4 Å². The number of aromatic nitrogens is 2. The van der Waals surface area contributed by atoms with Crippen LogP contribution in [0.5, 0.6) is 5.75 Å². The Balaban J connectivity index is 1.52. The number of para-hydroxylation sites is 2. The van der Waals surface area contributed by atoms with Crippen molar-refractivity contribution in [3.63, 3.8) is 0 Å². The molecular weight excluding hydrogens is 438 g/mol. The van der Waals surface area contributed by atoms with E-state index in [1.54, 1.807) is 12.3 Å². The van der Waals surface area contributed by atoms with Gasteiger partial charge in [-0.05, 0) is 62.6 Å². The number of benzene rings is 3. The van der Waals surface area contributed by atoms with Gasteiger partial charge < -0.3 is 14.1 Å². The first-order valence-corrected chi connectivity index (χ1v) is 11.6. The van der Waals surface area contributed by atoms with Crippen molar-refractivity contribution < 1.29 is 13.9 Å². The number of aromatic amines is 1. The van der Waals surface area contributed by atoms with E-state index in [9.17, 15) is 4.79 Å². The van der Waals surface area contributed by atoms with Crippen LogP contribution in [0.1, 0.15) is 30.5 Å². The van der Waals surface area contributed by atoms with Crippen LogP contribution >= 0.6 is 0 Å². The highest BCUT2D eigenvalue weighted by molar-refractivity contribution is 6.05. The van der Waals surface area contributed by atoms with E-state index < -0.39 is 0 Å². The van der Waals surface area contributed by atoms with E-state index in [0.717, 1.165) is 44.3 Å². The molecule has 0 atom stereocenters. The van der Waals surface area contributed by atoms with Gasteiger partial charge in [0.15, 0.2) is 0 Å². The molecule has 1 amide bonds. The molecular formula is C29H27N3O3. The summed E-state index contributed by atoms with van der Waals surface area (Å²) in [5.41, 5.74) is 8.55. The average Bonchev–Trinajstić information content (AvgIpc) is 3.41. The summed E-state index contributed by atoms with van der Waals surface area (Å²) in [7, 11) is 0. The molecule has 2 N–H and O–H groups in total. The molecule has 2 aromatic heterocycles. The zero-order valence-corrected chi connectivity index (χ0v) is 20.2. The number of hydrogen-bond acceptors (Lipinski definition) is 4. The molecule has 0 saturated heterocycles. The molecule has 6 heteroatoms. The summed E-state index contributed by atoms with van der Waals surface area (Å²) < 4.78 is 11.8. The number of carbonyl (C=O) groups is 1. The molecule has 2 heterocycles. The highest BCUT2D eigenvalue weighted by atomic mass is 16.5. The van der Waals surface area contributed by atoms with Gasteiger partial charge in [-0.3, -0.25) is 10.1 Å². The Hall–Kier alpha value is -4.32. The van der Waals surface area contributed by atoms with Gasteiger partial charge in [-0.25, -0.2) is 4.98 Å². The maximum absolute atomic E-state index is 12.8. The molecule has 5 rings (SSSR count).